The van der Waals surface area contributed by atoms with E-state index in [4.69, 9.17) is 9.84 Å². The van der Waals surface area contributed by atoms with Gasteiger partial charge >= 0.3 is 6.03 Å². The number of amides is 2. The van der Waals surface area contributed by atoms with E-state index in [0.717, 1.165) is 35.7 Å². The van der Waals surface area contributed by atoms with Gasteiger partial charge in [0.25, 0.3) is 0 Å². The van der Waals surface area contributed by atoms with E-state index < -0.39 is 17.7 Å². The molecule has 220 valence electrons. The van der Waals surface area contributed by atoms with E-state index >= 15 is 0 Å². The van der Waals surface area contributed by atoms with E-state index in [0.29, 0.717) is 42.8 Å². The molecule has 2 N–H and O–H groups in total. The Kier molecular flexibility index (Phi) is 7.78. The van der Waals surface area contributed by atoms with Crippen LogP contribution in [0.15, 0.2) is 60.9 Å². The van der Waals surface area contributed by atoms with E-state index in [9.17, 15) is 13.6 Å². The molecule has 11 heteroatoms. The number of hydrogen-bond acceptors (Lipinski definition) is 5. The third kappa shape index (κ3) is 5.54. The number of carbonyl (C=O) groups excluding carboxylic acids is 1. The van der Waals surface area contributed by atoms with E-state index in [1.807, 2.05) is 57.4 Å². The highest BCUT2D eigenvalue weighted by Crippen LogP contribution is 2.36. The first-order valence-electron chi connectivity index (χ1n) is 14.3. The fraction of sp³-hybridized carbons (Fsp3) is 0.387. The summed E-state index contributed by atoms with van der Waals surface area (Å²) in [4.78, 5) is 15.9. The molecule has 1 aliphatic heterocycles. The minimum absolute atomic E-state index is 0.205. The van der Waals surface area contributed by atoms with Gasteiger partial charge in [-0.05, 0) is 56.5 Å². The van der Waals surface area contributed by atoms with Crippen LogP contribution in [0.3, 0.4) is 0 Å². The summed E-state index contributed by atoms with van der Waals surface area (Å²) < 4.78 is 37.2. The van der Waals surface area contributed by atoms with Crippen LogP contribution >= 0.6 is 0 Å². The lowest BCUT2D eigenvalue weighted by Crippen LogP contribution is -2.48. The molecule has 2 fully saturated rings. The predicted molar refractivity (Wildman–Crippen MR) is 156 cm³/mol. The third-order valence-electron chi connectivity index (χ3n) is 8.36. The third-order valence-corrected chi connectivity index (χ3v) is 8.36. The van der Waals surface area contributed by atoms with Gasteiger partial charge in [0.2, 0.25) is 0 Å². The topological polar surface area (TPSA) is 89.2 Å². The van der Waals surface area contributed by atoms with Crippen molar-refractivity contribution in [1.29, 1.82) is 0 Å². The van der Waals surface area contributed by atoms with Gasteiger partial charge in [0.1, 0.15) is 11.5 Å². The van der Waals surface area contributed by atoms with E-state index in [1.54, 1.807) is 21.6 Å². The summed E-state index contributed by atoms with van der Waals surface area (Å²) in [5.41, 5.74) is 3.80. The van der Waals surface area contributed by atoms with Crippen molar-refractivity contribution in [2.24, 2.45) is 7.05 Å². The monoisotopic (exact) mass is 575 g/mol. The summed E-state index contributed by atoms with van der Waals surface area (Å²) in [6, 6.07) is 13.2. The number of ether oxygens (including phenoxy) is 1. The fourth-order valence-corrected chi connectivity index (χ4v) is 6.10. The molecular weight excluding hydrogens is 540 g/mol. The van der Waals surface area contributed by atoms with Crippen molar-refractivity contribution in [2.75, 3.05) is 25.0 Å². The number of benzene rings is 2. The second kappa shape index (κ2) is 11.7. The number of aryl methyl sites for hydroxylation is 1. The molecule has 2 aromatic heterocycles. The first-order chi connectivity index (χ1) is 20.3. The normalized spacial score (nSPS) is 22.2. The lowest BCUT2D eigenvalue weighted by atomic mass is 9.88. The van der Waals surface area contributed by atoms with Gasteiger partial charge in [-0.1, -0.05) is 24.3 Å². The molecule has 1 aliphatic carbocycles. The number of anilines is 1. The molecule has 3 heterocycles. The van der Waals surface area contributed by atoms with Crippen LogP contribution in [0.2, 0.25) is 0 Å². The van der Waals surface area contributed by atoms with Crippen LogP contribution in [-0.4, -0.2) is 68.4 Å². The maximum atomic E-state index is 14.3. The van der Waals surface area contributed by atoms with E-state index in [-0.39, 0.29) is 18.1 Å². The van der Waals surface area contributed by atoms with E-state index in [2.05, 4.69) is 20.6 Å². The van der Waals surface area contributed by atoms with Crippen molar-refractivity contribution in [2.45, 2.75) is 50.8 Å². The van der Waals surface area contributed by atoms with Gasteiger partial charge in [-0.25, -0.2) is 18.3 Å². The van der Waals surface area contributed by atoms with E-state index in [1.165, 1.54) is 6.07 Å². The van der Waals surface area contributed by atoms with Crippen LogP contribution in [0.1, 0.15) is 36.8 Å². The van der Waals surface area contributed by atoms with Crippen molar-refractivity contribution in [3.8, 4) is 16.9 Å². The van der Waals surface area contributed by atoms with Crippen molar-refractivity contribution >= 4 is 11.8 Å². The van der Waals surface area contributed by atoms with Gasteiger partial charge in [0, 0.05) is 56.0 Å². The number of nitrogens with one attached hydrogen (secondary N) is 2. The van der Waals surface area contributed by atoms with Crippen LogP contribution < -0.4 is 10.6 Å². The summed E-state index contributed by atoms with van der Waals surface area (Å²) in [6.07, 6.45) is 5.70. The first kappa shape index (κ1) is 28.0. The van der Waals surface area contributed by atoms with Crippen molar-refractivity contribution < 1.29 is 18.3 Å². The highest BCUT2D eigenvalue weighted by molar-refractivity contribution is 5.91. The Balaban J connectivity index is 1.25. The number of urea groups is 1. The molecule has 2 aliphatic rings. The molecule has 0 spiro atoms. The Morgan fingerprint density at radius 3 is 2.57 bits per heavy atom. The number of carbonyl (C=O) groups is 1. The average molecular weight is 576 g/mol. The fourth-order valence-electron chi connectivity index (χ4n) is 6.10. The van der Waals surface area contributed by atoms with Crippen LogP contribution in [0.25, 0.3) is 16.9 Å². The minimum atomic E-state index is -0.889. The molecule has 4 aromatic rings. The SMILES string of the molecule is CCOC1CC(N2C[C@@H](NC(=O)Nc3c(C)c(-c4cnn(C)c4)nn3-c3ccccc3)[C@H](c3ccc(F)c(F)c3)C2)C1. The van der Waals surface area contributed by atoms with Crippen molar-refractivity contribution in [3.63, 3.8) is 0 Å². The number of para-hydroxylation sites is 1. The highest BCUT2D eigenvalue weighted by atomic mass is 19.2. The first-order valence-corrected chi connectivity index (χ1v) is 14.3. The number of aromatic nitrogens is 4. The molecule has 1 saturated carbocycles. The number of likely N-dealkylation sites (tertiary alicyclic amines) is 1. The highest BCUT2D eigenvalue weighted by Gasteiger charge is 2.42. The molecule has 6 rings (SSSR count). The number of halogens is 2. The maximum absolute atomic E-state index is 14.3. The molecule has 2 aromatic carbocycles. The minimum Gasteiger partial charge on any atom is -0.378 e. The Bertz CT molecular complexity index is 1560. The van der Waals surface area contributed by atoms with Crippen LogP contribution in [0.4, 0.5) is 19.4 Å². The van der Waals surface area contributed by atoms with Gasteiger partial charge in [0.05, 0.1) is 24.0 Å². The van der Waals surface area contributed by atoms with Crippen LogP contribution in [0.5, 0.6) is 0 Å². The van der Waals surface area contributed by atoms with Crippen molar-refractivity contribution in [3.05, 3.63) is 83.7 Å². The van der Waals surface area contributed by atoms with Gasteiger partial charge in [-0.15, -0.1) is 0 Å². The second-order valence-electron chi connectivity index (χ2n) is 11.1. The standard InChI is InChI=1S/C31H35F2N7O2/c1-4-42-24-13-23(14-24)39-17-25(20-10-11-26(32)27(33)12-20)28(18-39)35-31(41)36-30-19(2)29(21-15-34-38(3)16-21)37-40(30)22-8-6-5-7-9-22/h5-12,15-16,23-25,28H,4,13-14,17-18H2,1-3H3,(H2,35,36,41)/t23?,24?,25-,28+/m0/s1. The van der Waals surface area contributed by atoms with Gasteiger partial charge in [-0.3, -0.25) is 14.9 Å². The molecule has 2 atom stereocenters. The van der Waals surface area contributed by atoms with Crippen molar-refractivity contribution in [1.82, 2.24) is 29.8 Å². The smallest absolute Gasteiger partial charge is 0.320 e. The Labute approximate surface area is 243 Å². The maximum Gasteiger partial charge on any atom is 0.320 e. The average Bonchev–Trinajstić information content (AvgIpc) is 3.65. The molecule has 0 unspecified atom stereocenters. The quantitative estimate of drug-likeness (QED) is 0.308. The zero-order valence-electron chi connectivity index (χ0n) is 23.9. The molecule has 42 heavy (non-hydrogen) atoms. The van der Waals surface area contributed by atoms with Gasteiger partial charge < -0.3 is 10.1 Å². The lowest BCUT2D eigenvalue weighted by molar-refractivity contribution is -0.0413. The molecule has 9 nitrogen and oxygen atoms in total. The predicted octanol–water partition coefficient (Wildman–Crippen LogP) is 5.02. The Morgan fingerprint density at radius 1 is 1.10 bits per heavy atom. The summed E-state index contributed by atoms with van der Waals surface area (Å²) in [7, 11) is 1.84. The summed E-state index contributed by atoms with van der Waals surface area (Å²) in [6.45, 7) is 5.81. The second-order valence-corrected chi connectivity index (χ2v) is 11.1. The number of hydrogen-bond donors (Lipinski definition) is 2. The number of nitrogens with zero attached hydrogens (tertiary/aromatic N) is 5. The molecule has 2 amide bonds. The molecule has 0 radical (unpaired) electrons. The zero-order valence-corrected chi connectivity index (χ0v) is 23.9. The van der Waals surface area contributed by atoms with Gasteiger partial charge in [0.15, 0.2) is 11.6 Å². The molecule has 0 bridgehead atoms. The summed E-state index contributed by atoms with van der Waals surface area (Å²) in [5, 5.41) is 15.3. The van der Waals surface area contributed by atoms with Crippen LogP contribution in [-0.2, 0) is 11.8 Å². The zero-order chi connectivity index (χ0) is 29.4. The Morgan fingerprint density at radius 2 is 1.88 bits per heavy atom. The molecule has 1 saturated heterocycles. The Hall–Kier alpha value is -4.09. The lowest BCUT2D eigenvalue weighted by Gasteiger charge is -2.41. The number of rotatable bonds is 8. The summed E-state index contributed by atoms with van der Waals surface area (Å²) in [5.74, 6) is -1.44. The largest absolute Gasteiger partial charge is 0.378 e. The molecular formula is C31H35F2N7O2. The van der Waals surface area contributed by atoms with Gasteiger partial charge in [-0.2, -0.15) is 10.2 Å². The van der Waals surface area contributed by atoms with Crippen LogP contribution in [0, 0.1) is 18.6 Å². The summed E-state index contributed by atoms with van der Waals surface area (Å²) >= 11 is 0.